The monoisotopic (exact) mass is 175 g/mol. The summed E-state index contributed by atoms with van der Waals surface area (Å²) in [6.07, 6.45) is 0. The van der Waals surface area contributed by atoms with Gasteiger partial charge in [-0.15, -0.1) is 0 Å². The maximum Gasteiger partial charge on any atom is 0.213 e. The number of imidazole rings is 1. The summed E-state index contributed by atoms with van der Waals surface area (Å²) in [5.41, 5.74) is 1.28. The Morgan fingerprint density at radius 1 is 1.54 bits per heavy atom. The van der Waals surface area contributed by atoms with E-state index >= 15 is 0 Å². The van der Waals surface area contributed by atoms with Crippen LogP contribution in [0.1, 0.15) is 5.82 Å². The Hall–Kier alpha value is -1.89. The lowest BCUT2D eigenvalue weighted by atomic mass is 10.3. The summed E-state index contributed by atoms with van der Waals surface area (Å²) in [4.78, 5) is 4.01. The van der Waals surface area contributed by atoms with Crippen LogP contribution in [-0.2, 0) is 7.05 Å². The molecule has 0 radical (unpaired) electrons. The Balaban J connectivity index is 2.87. The summed E-state index contributed by atoms with van der Waals surface area (Å²) in [5, 5.41) is 8.66. The SMILES string of the molecule is Cn1c(C#N)nc2ccc(F)cc21. The molecule has 3 nitrogen and oxygen atoms in total. The topological polar surface area (TPSA) is 41.6 Å². The summed E-state index contributed by atoms with van der Waals surface area (Å²) < 4.78 is 14.4. The number of hydrogen-bond acceptors (Lipinski definition) is 2. The number of rotatable bonds is 0. The molecule has 0 bridgehead atoms. The van der Waals surface area contributed by atoms with E-state index in [0.717, 1.165) is 0 Å². The van der Waals surface area contributed by atoms with Crippen molar-refractivity contribution < 1.29 is 4.39 Å². The molecule has 0 amide bonds. The highest BCUT2D eigenvalue weighted by Crippen LogP contribution is 2.15. The van der Waals surface area contributed by atoms with Gasteiger partial charge < -0.3 is 4.57 Å². The molecule has 0 atom stereocenters. The average Bonchev–Trinajstić information content (AvgIpc) is 2.44. The van der Waals surface area contributed by atoms with E-state index < -0.39 is 0 Å². The smallest absolute Gasteiger partial charge is 0.213 e. The zero-order chi connectivity index (χ0) is 9.42. The van der Waals surface area contributed by atoms with Crippen LogP contribution in [0.4, 0.5) is 4.39 Å². The van der Waals surface area contributed by atoms with Gasteiger partial charge in [0, 0.05) is 7.05 Å². The first-order chi connectivity index (χ1) is 6.22. The van der Waals surface area contributed by atoms with Crippen molar-refractivity contribution >= 4 is 11.0 Å². The van der Waals surface area contributed by atoms with Crippen molar-refractivity contribution in [2.45, 2.75) is 0 Å². The van der Waals surface area contributed by atoms with E-state index in [4.69, 9.17) is 5.26 Å². The van der Waals surface area contributed by atoms with Gasteiger partial charge in [0.25, 0.3) is 0 Å². The molecule has 0 saturated heterocycles. The maximum absolute atomic E-state index is 12.8. The number of aryl methyl sites for hydroxylation is 1. The fourth-order valence-electron chi connectivity index (χ4n) is 1.26. The molecule has 4 heteroatoms. The molecule has 2 rings (SSSR count). The third-order valence-corrected chi connectivity index (χ3v) is 1.94. The molecular weight excluding hydrogens is 169 g/mol. The minimum Gasteiger partial charge on any atom is -0.319 e. The number of halogens is 1. The van der Waals surface area contributed by atoms with Crippen LogP contribution in [0.3, 0.4) is 0 Å². The van der Waals surface area contributed by atoms with Gasteiger partial charge in [-0.25, -0.2) is 9.37 Å². The minimum absolute atomic E-state index is 0.292. The predicted molar refractivity (Wildman–Crippen MR) is 45.4 cm³/mol. The molecule has 1 heterocycles. The van der Waals surface area contributed by atoms with E-state index in [1.165, 1.54) is 12.1 Å². The number of hydrogen-bond donors (Lipinski definition) is 0. The van der Waals surface area contributed by atoms with Crippen molar-refractivity contribution in [1.29, 1.82) is 5.26 Å². The average molecular weight is 175 g/mol. The van der Waals surface area contributed by atoms with Crippen molar-refractivity contribution in [2.75, 3.05) is 0 Å². The fraction of sp³-hybridized carbons (Fsp3) is 0.111. The molecule has 13 heavy (non-hydrogen) atoms. The van der Waals surface area contributed by atoms with Crippen molar-refractivity contribution in [3.63, 3.8) is 0 Å². The Morgan fingerprint density at radius 2 is 2.31 bits per heavy atom. The van der Waals surface area contributed by atoms with Gasteiger partial charge >= 0.3 is 0 Å². The van der Waals surface area contributed by atoms with Crippen LogP contribution in [0.25, 0.3) is 11.0 Å². The van der Waals surface area contributed by atoms with Crippen molar-refractivity contribution in [2.24, 2.45) is 7.05 Å². The first-order valence-corrected chi connectivity index (χ1v) is 3.74. The Morgan fingerprint density at radius 3 is 3.00 bits per heavy atom. The second-order valence-corrected chi connectivity index (χ2v) is 2.74. The highest BCUT2D eigenvalue weighted by molar-refractivity contribution is 5.76. The van der Waals surface area contributed by atoms with Gasteiger partial charge in [-0.05, 0) is 18.2 Å². The largest absolute Gasteiger partial charge is 0.319 e. The third-order valence-electron chi connectivity index (χ3n) is 1.94. The molecule has 64 valence electrons. The van der Waals surface area contributed by atoms with Crippen LogP contribution in [0.15, 0.2) is 18.2 Å². The third kappa shape index (κ3) is 1.05. The van der Waals surface area contributed by atoms with Crippen LogP contribution >= 0.6 is 0 Å². The quantitative estimate of drug-likeness (QED) is 0.610. The molecule has 0 saturated carbocycles. The molecule has 0 aliphatic carbocycles. The van der Waals surface area contributed by atoms with Crippen LogP contribution in [0.5, 0.6) is 0 Å². The van der Waals surface area contributed by atoms with Crippen LogP contribution in [0.2, 0.25) is 0 Å². The van der Waals surface area contributed by atoms with E-state index in [9.17, 15) is 4.39 Å². The van der Waals surface area contributed by atoms with Gasteiger partial charge in [0.2, 0.25) is 5.82 Å². The van der Waals surface area contributed by atoms with Gasteiger partial charge in [0.1, 0.15) is 11.9 Å². The van der Waals surface area contributed by atoms with Gasteiger partial charge in [-0.3, -0.25) is 0 Å². The molecule has 1 aromatic carbocycles. The maximum atomic E-state index is 12.8. The molecule has 0 fully saturated rings. The zero-order valence-electron chi connectivity index (χ0n) is 6.95. The number of benzene rings is 1. The van der Waals surface area contributed by atoms with Gasteiger partial charge in [0.05, 0.1) is 11.0 Å². The van der Waals surface area contributed by atoms with E-state index in [0.29, 0.717) is 16.9 Å². The summed E-state index contributed by atoms with van der Waals surface area (Å²) in [7, 11) is 1.69. The second kappa shape index (κ2) is 2.56. The molecule has 0 aliphatic rings. The highest BCUT2D eigenvalue weighted by atomic mass is 19.1. The first kappa shape index (κ1) is 7.74. The van der Waals surface area contributed by atoms with E-state index in [2.05, 4.69) is 4.98 Å². The molecule has 0 N–H and O–H groups in total. The first-order valence-electron chi connectivity index (χ1n) is 3.74. The Labute approximate surface area is 74.0 Å². The lowest BCUT2D eigenvalue weighted by Gasteiger charge is -1.93. The summed E-state index contributed by atoms with van der Waals surface area (Å²) >= 11 is 0. The summed E-state index contributed by atoms with van der Waals surface area (Å²) in [6.45, 7) is 0. The van der Waals surface area contributed by atoms with Crippen LogP contribution in [-0.4, -0.2) is 9.55 Å². The van der Waals surface area contributed by atoms with Gasteiger partial charge in [-0.2, -0.15) is 5.26 Å². The van der Waals surface area contributed by atoms with Crippen molar-refractivity contribution in [3.05, 3.63) is 29.8 Å². The lowest BCUT2D eigenvalue weighted by Crippen LogP contribution is -1.91. The number of nitriles is 1. The van der Waals surface area contributed by atoms with Crippen molar-refractivity contribution in [1.82, 2.24) is 9.55 Å². The van der Waals surface area contributed by atoms with E-state index in [-0.39, 0.29) is 5.82 Å². The fourth-order valence-corrected chi connectivity index (χ4v) is 1.26. The molecule has 0 spiro atoms. The molecular formula is C9H6FN3. The zero-order valence-corrected chi connectivity index (χ0v) is 6.95. The molecule has 1 aromatic heterocycles. The second-order valence-electron chi connectivity index (χ2n) is 2.74. The van der Waals surface area contributed by atoms with E-state index in [1.807, 2.05) is 6.07 Å². The number of fused-ring (bicyclic) bond motifs is 1. The summed E-state index contributed by atoms with van der Waals surface area (Å²) in [6, 6.07) is 6.19. The predicted octanol–water partition coefficient (Wildman–Crippen LogP) is 1.58. The van der Waals surface area contributed by atoms with Gasteiger partial charge in [0.15, 0.2) is 0 Å². The van der Waals surface area contributed by atoms with E-state index in [1.54, 1.807) is 17.7 Å². The van der Waals surface area contributed by atoms with Gasteiger partial charge in [-0.1, -0.05) is 0 Å². The van der Waals surface area contributed by atoms with Crippen LogP contribution < -0.4 is 0 Å². The Bertz CT molecular complexity index is 507. The standard InChI is InChI=1S/C9H6FN3/c1-13-8-4-6(10)2-3-7(8)12-9(13)5-11/h2-4H,1H3. The molecule has 2 aromatic rings. The minimum atomic E-state index is -0.319. The van der Waals surface area contributed by atoms with Crippen LogP contribution in [0, 0.1) is 17.1 Å². The highest BCUT2D eigenvalue weighted by Gasteiger charge is 2.06. The number of nitrogens with zero attached hydrogens (tertiary/aromatic N) is 3. The molecule has 0 unspecified atom stereocenters. The van der Waals surface area contributed by atoms with Crippen molar-refractivity contribution in [3.8, 4) is 6.07 Å². The normalized spacial score (nSPS) is 10.2. The summed E-state index contributed by atoms with van der Waals surface area (Å²) in [5.74, 6) is -0.0272. The number of aromatic nitrogens is 2. The molecule has 0 aliphatic heterocycles. The lowest BCUT2D eigenvalue weighted by molar-refractivity contribution is 0.629. The Kier molecular flexibility index (Phi) is 1.52.